The highest BCUT2D eigenvalue weighted by Gasteiger charge is 2.19. The summed E-state index contributed by atoms with van der Waals surface area (Å²) in [5.41, 5.74) is 8.98. The van der Waals surface area contributed by atoms with Crippen LogP contribution in [0.3, 0.4) is 0 Å². The zero-order valence-corrected chi connectivity index (χ0v) is 25.3. The summed E-state index contributed by atoms with van der Waals surface area (Å²) in [5, 5.41) is 26.7. The number of hydrogen-bond acceptors (Lipinski definition) is 5. The molecule has 7 aromatic rings. The van der Waals surface area contributed by atoms with Gasteiger partial charge in [0.15, 0.2) is 0 Å². The molecule has 0 fully saturated rings. The first-order valence-corrected chi connectivity index (χ1v) is 14.6. The molecule has 0 aliphatic carbocycles. The molecule has 0 aliphatic heterocycles. The largest absolute Gasteiger partial charge is 0.457 e. The minimum Gasteiger partial charge on any atom is -0.457 e. The van der Waals surface area contributed by atoms with E-state index < -0.39 is 0 Å². The van der Waals surface area contributed by atoms with Gasteiger partial charge in [-0.25, -0.2) is 9.67 Å². The summed E-state index contributed by atoms with van der Waals surface area (Å²) in [6, 6.07) is 31.0. The Hall–Kier alpha value is -6.18. The SMILES string of the molecule is Cc1cc(Oc2ccc3c4ccccc4n(-c4cc(C)ccn4)c3c2)cc(-n2cc(-c3c(C#N)c(C)cc(C)c3C#N)cn2)c1. The Balaban J connectivity index is 1.29. The van der Waals surface area contributed by atoms with E-state index in [0.717, 1.165) is 55.6 Å². The van der Waals surface area contributed by atoms with E-state index in [9.17, 15) is 10.5 Å². The first kappa shape index (κ1) is 27.6. The summed E-state index contributed by atoms with van der Waals surface area (Å²) in [4.78, 5) is 4.68. The quantitative estimate of drug-likeness (QED) is 0.202. The topological polar surface area (TPSA) is 92.5 Å². The van der Waals surface area contributed by atoms with Crippen molar-refractivity contribution in [3.05, 3.63) is 131 Å². The molecule has 0 saturated carbocycles. The Morgan fingerprint density at radius 1 is 0.711 bits per heavy atom. The monoisotopic (exact) mass is 584 g/mol. The Bertz CT molecular complexity index is 2340. The van der Waals surface area contributed by atoms with Gasteiger partial charge in [-0.05, 0) is 92.4 Å². The van der Waals surface area contributed by atoms with E-state index in [-0.39, 0.29) is 0 Å². The van der Waals surface area contributed by atoms with Crippen molar-refractivity contribution in [3.8, 4) is 46.3 Å². The average molecular weight is 585 g/mol. The normalized spacial score (nSPS) is 11.1. The minimum atomic E-state index is 0.485. The molecular formula is C38H28N6O. The number of para-hydroxylation sites is 1. The number of ether oxygens (including phenoxy) is 1. The highest BCUT2D eigenvalue weighted by molar-refractivity contribution is 6.09. The third-order valence-corrected chi connectivity index (χ3v) is 8.13. The fourth-order valence-corrected chi connectivity index (χ4v) is 6.12. The van der Waals surface area contributed by atoms with Crippen molar-refractivity contribution in [2.75, 3.05) is 0 Å². The summed E-state index contributed by atoms with van der Waals surface area (Å²) < 4.78 is 10.4. The molecule has 0 amide bonds. The molecule has 0 unspecified atom stereocenters. The number of pyridine rings is 1. The third-order valence-electron chi connectivity index (χ3n) is 8.13. The molecule has 3 aromatic heterocycles. The number of rotatable bonds is 5. The van der Waals surface area contributed by atoms with Crippen LogP contribution in [0.4, 0.5) is 0 Å². The van der Waals surface area contributed by atoms with Crippen LogP contribution in [0.1, 0.15) is 33.4 Å². The second kappa shape index (κ2) is 10.8. The summed E-state index contributed by atoms with van der Waals surface area (Å²) in [7, 11) is 0. The number of nitriles is 2. The van der Waals surface area contributed by atoms with Gasteiger partial charge < -0.3 is 4.74 Å². The molecule has 0 N–H and O–H groups in total. The number of nitrogens with zero attached hydrogens (tertiary/aromatic N) is 6. The first-order valence-electron chi connectivity index (χ1n) is 14.6. The zero-order valence-electron chi connectivity index (χ0n) is 25.3. The molecule has 0 bridgehead atoms. The number of benzene rings is 4. The summed E-state index contributed by atoms with van der Waals surface area (Å²) in [5.74, 6) is 2.22. The predicted molar refractivity (Wildman–Crippen MR) is 176 cm³/mol. The third kappa shape index (κ3) is 4.77. The van der Waals surface area contributed by atoms with Crippen molar-refractivity contribution in [2.24, 2.45) is 0 Å². The van der Waals surface area contributed by atoms with Crippen molar-refractivity contribution in [3.63, 3.8) is 0 Å². The number of hydrogen-bond donors (Lipinski definition) is 0. The summed E-state index contributed by atoms with van der Waals surface area (Å²) in [6.07, 6.45) is 5.39. The fourth-order valence-electron chi connectivity index (χ4n) is 6.12. The highest BCUT2D eigenvalue weighted by Crippen LogP contribution is 2.36. The van der Waals surface area contributed by atoms with Gasteiger partial charge in [0.1, 0.15) is 29.5 Å². The standard InChI is InChI=1S/C38H28N6O/c1-23-11-12-41-37(15-23)44-35-8-6-5-7-31(35)32-10-9-29(18-36(32)44)45-30-14-24(2)13-28(17-30)43-22-27(21-42-43)38-33(19-39)25(3)16-26(4)34(38)20-40/h5-18,21-22H,1-4H3. The maximum Gasteiger partial charge on any atom is 0.137 e. The lowest BCUT2D eigenvalue weighted by atomic mass is 9.90. The Labute approximate surface area is 260 Å². The number of aromatic nitrogens is 4. The van der Waals surface area contributed by atoms with Crippen LogP contribution >= 0.6 is 0 Å². The zero-order chi connectivity index (χ0) is 31.2. The molecule has 4 aromatic carbocycles. The van der Waals surface area contributed by atoms with Crippen LogP contribution in [0.25, 0.3) is 44.4 Å². The molecule has 3 heterocycles. The van der Waals surface area contributed by atoms with Gasteiger partial charge >= 0.3 is 0 Å². The van der Waals surface area contributed by atoms with Crippen LogP contribution in [0, 0.1) is 50.4 Å². The fraction of sp³-hybridized carbons (Fsp3) is 0.105. The molecule has 216 valence electrons. The van der Waals surface area contributed by atoms with E-state index in [1.165, 1.54) is 0 Å². The number of aryl methyl sites for hydroxylation is 4. The van der Waals surface area contributed by atoms with E-state index in [4.69, 9.17) is 4.74 Å². The van der Waals surface area contributed by atoms with Crippen LogP contribution in [0.5, 0.6) is 11.5 Å². The molecule has 0 radical (unpaired) electrons. The van der Waals surface area contributed by atoms with Gasteiger partial charge in [-0.3, -0.25) is 4.57 Å². The Morgan fingerprint density at radius 3 is 2.22 bits per heavy atom. The van der Waals surface area contributed by atoms with Crippen LogP contribution in [0.2, 0.25) is 0 Å². The molecule has 0 aliphatic rings. The summed E-state index contributed by atoms with van der Waals surface area (Å²) in [6.45, 7) is 7.85. The molecule has 0 spiro atoms. The van der Waals surface area contributed by atoms with E-state index in [0.29, 0.717) is 33.8 Å². The molecule has 7 nitrogen and oxygen atoms in total. The second-order valence-electron chi connectivity index (χ2n) is 11.4. The van der Waals surface area contributed by atoms with Crippen molar-refractivity contribution < 1.29 is 4.74 Å². The Morgan fingerprint density at radius 2 is 1.47 bits per heavy atom. The second-order valence-corrected chi connectivity index (χ2v) is 11.4. The smallest absolute Gasteiger partial charge is 0.137 e. The van der Waals surface area contributed by atoms with Crippen molar-refractivity contribution in [2.45, 2.75) is 27.7 Å². The van der Waals surface area contributed by atoms with Crippen molar-refractivity contribution in [1.82, 2.24) is 19.3 Å². The maximum absolute atomic E-state index is 9.90. The number of fused-ring (bicyclic) bond motifs is 3. The van der Waals surface area contributed by atoms with Gasteiger partial charge in [-0.15, -0.1) is 0 Å². The van der Waals surface area contributed by atoms with Gasteiger partial charge in [-0.1, -0.05) is 24.3 Å². The lowest BCUT2D eigenvalue weighted by Gasteiger charge is -2.12. The van der Waals surface area contributed by atoms with Crippen LogP contribution in [-0.2, 0) is 0 Å². The first-order chi connectivity index (χ1) is 21.8. The van der Waals surface area contributed by atoms with Crippen molar-refractivity contribution >= 4 is 21.8 Å². The van der Waals surface area contributed by atoms with E-state index in [1.54, 1.807) is 10.9 Å². The van der Waals surface area contributed by atoms with Crippen LogP contribution in [0.15, 0.2) is 97.5 Å². The minimum absolute atomic E-state index is 0.485. The maximum atomic E-state index is 9.90. The van der Waals surface area contributed by atoms with E-state index in [2.05, 4.69) is 70.1 Å². The van der Waals surface area contributed by atoms with Crippen molar-refractivity contribution in [1.29, 1.82) is 10.5 Å². The average Bonchev–Trinajstić information content (AvgIpc) is 3.64. The molecule has 0 atom stereocenters. The highest BCUT2D eigenvalue weighted by atomic mass is 16.5. The van der Waals surface area contributed by atoms with Crippen LogP contribution < -0.4 is 4.74 Å². The van der Waals surface area contributed by atoms with Crippen LogP contribution in [-0.4, -0.2) is 19.3 Å². The van der Waals surface area contributed by atoms with Gasteiger partial charge in [0.05, 0.1) is 34.0 Å². The van der Waals surface area contributed by atoms with Gasteiger partial charge in [0, 0.05) is 46.4 Å². The molecule has 7 heteroatoms. The van der Waals surface area contributed by atoms with E-state index in [1.807, 2.05) is 75.6 Å². The predicted octanol–water partition coefficient (Wildman–Crippen LogP) is 8.80. The lowest BCUT2D eigenvalue weighted by Crippen LogP contribution is -1.98. The Kier molecular flexibility index (Phi) is 6.65. The lowest BCUT2D eigenvalue weighted by molar-refractivity contribution is 0.482. The van der Waals surface area contributed by atoms with E-state index >= 15 is 0 Å². The van der Waals surface area contributed by atoms with Gasteiger partial charge in [-0.2, -0.15) is 15.6 Å². The summed E-state index contributed by atoms with van der Waals surface area (Å²) >= 11 is 0. The molecule has 0 saturated heterocycles. The van der Waals surface area contributed by atoms with Gasteiger partial charge in [0.2, 0.25) is 0 Å². The molecular weight excluding hydrogens is 556 g/mol. The van der Waals surface area contributed by atoms with Gasteiger partial charge in [0.25, 0.3) is 0 Å². The molecule has 45 heavy (non-hydrogen) atoms. The molecule has 7 rings (SSSR count).